The number of nitrogens with zero attached hydrogens (tertiary/aromatic N) is 1. The summed E-state index contributed by atoms with van der Waals surface area (Å²) in [6, 6.07) is 4.75. The summed E-state index contributed by atoms with van der Waals surface area (Å²) in [5, 5.41) is 3.16. The zero-order valence-corrected chi connectivity index (χ0v) is 9.29. The first kappa shape index (κ1) is 10.8. The van der Waals surface area contributed by atoms with Gasteiger partial charge in [-0.3, -0.25) is 0 Å². The van der Waals surface area contributed by atoms with Gasteiger partial charge in [0.15, 0.2) is 0 Å². The fourth-order valence-corrected chi connectivity index (χ4v) is 1.84. The second-order valence-electron chi connectivity index (χ2n) is 3.70. The molecule has 0 amide bonds. The lowest BCUT2D eigenvalue weighted by molar-refractivity contribution is 0.616. The minimum Gasteiger partial charge on any atom is -0.347 e. The molecular formula is C12H14FN3. The van der Waals surface area contributed by atoms with E-state index in [1.54, 1.807) is 18.5 Å². The van der Waals surface area contributed by atoms with Crippen molar-refractivity contribution in [3.05, 3.63) is 53.4 Å². The van der Waals surface area contributed by atoms with E-state index in [4.69, 9.17) is 0 Å². The van der Waals surface area contributed by atoms with E-state index in [9.17, 15) is 4.39 Å². The van der Waals surface area contributed by atoms with E-state index < -0.39 is 0 Å². The first-order valence-electron chi connectivity index (χ1n) is 5.15. The fourth-order valence-electron chi connectivity index (χ4n) is 1.84. The minimum atomic E-state index is -0.212. The van der Waals surface area contributed by atoms with Crippen molar-refractivity contribution in [3.63, 3.8) is 0 Å². The third-order valence-corrected chi connectivity index (χ3v) is 2.62. The lowest BCUT2D eigenvalue weighted by Gasteiger charge is -2.16. The van der Waals surface area contributed by atoms with Crippen molar-refractivity contribution in [2.45, 2.75) is 13.0 Å². The molecule has 0 radical (unpaired) electrons. The molecule has 3 nitrogen and oxygen atoms in total. The Morgan fingerprint density at radius 2 is 2.25 bits per heavy atom. The number of H-pyrrole nitrogens is 1. The molecule has 0 aliphatic rings. The van der Waals surface area contributed by atoms with Crippen LogP contribution in [0, 0.1) is 12.7 Å². The SMILES string of the molecule is CNC(c1ncc[nH]1)c1ccc(F)cc1C. The number of rotatable bonds is 3. The molecule has 0 saturated heterocycles. The van der Waals surface area contributed by atoms with Crippen molar-refractivity contribution in [1.82, 2.24) is 15.3 Å². The van der Waals surface area contributed by atoms with Crippen molar-refractivity contribution in [3.8, 4) is 0 Å². The highest BCUT2D eigenvalue weighted by molar-refractivity contribution is 5.33. The van der Waals surface area contributed by atoms with Gasteiger partial charge < -0.3 is 10.3 Å². The summed E-state index contributed by atoms with van der Waals surface area (Å²) >= 11 is 0. The molecule has 84 valence electrons. The standard InChI is InChI=1S/C12H14FN3/c1-8-7-9(13)3-4-10(8)11(14-2)12-15-5-6-16-12/h3-7,11,14H,1-2H3,(H,15,16). The Labute approximate surface area is 93.7 Å². The third-order valence-electron chi connectivity index (χ3n) is 2.62. The number of imidazole rings is 1. The number of benzene rings is 1. The highest BCUT2D eigenvalue weighted by Gasteiger charge is 2.16. The highest BCUT2D eigenvalue weighted by Crippen LogP contribution is 2.22. The van der Waals surface area contributed by atoms with Crippen LogP contribution in [0.2, 0.25) is 0 Å². The van der Waals surface area contributed by atoms with Crippen LogP contribution in [-0.4, -0.2) is 17.0 Å². The molecule has 16 heavy (non-hydrogen) atoms. The predicted molar refractivity (Wildman–Crippen MR) is 60.6 cm³/mol. The molecule has 1 atom stereocenters. The lowest BCUT2D eigenvalue weighted by atomic mass is 10.0. The Bertz CT molecular complexity index is 465. The van der Waals surface area contributed by atoms with Crippen LogP contribution in [0.4, 0.5) is 4.39 Å². The van der Waals surface area contributed by atoms with Gasteiger partial charge in [-0.25, -0.2) is 9.37 Å². The van der Waals surface area contributed by atoms with Gasteiger partial charge in [-0.05, 0) is 37.2 Å². The van der Waals surface area contributed by atoms with E-state index in [0.717, 1.165) is 17.0 Å². The van der Waals surface area contributed by atoms with Gasteiger partial charge in [0.1, 0.15) is 11.6 Å². The van der Waals surface area contributed by atoms with Crippen molar-refractivity contribution in [1.29, 1.82) is 0 Å². The maximum Gasteiger partial charge on any atom is 0.127 e. The Morgan fingerprint density at radius 3 is 2.81 bits per heavy atom. The van der Waals surface area contributed by atoms with E-state index in [2.05, 4.69) is 15.3 Å². The van der Waals surface area contributed by atoms with E-state index in [1.165, 1.54) is 12.1 Å². The number of halogens is 1. The van der Waals surface area contributed by atoms with Crippen LogP contribution in [0.1, 0.15) is 23.0 Å². The second-order valence-corrected chi connectivity index (χ2v) is 3.70. The Kier molecular flexibility index (Phi) is 3.01. The van der Waals surface area contributed by atoms with Crippen LogP contribution < -0.4 is 5.32 Å². The summed E-state index contributed by atoms with van der Waals surface area (Å²) in [5.41, 5.74) is 1.94. The summed E-state index contributed by atoms with van der Waals surface area (Å²) in [5.74, 6) is 0.618. The molecule has 0 saturated carbocycles. The summed E-state index contributed by atoms with van der Waals surface area (Å²) in [7, 11) is 1.86. The predicted octanol–water partition coefficient (Wildman–Crippen LogP) is 2.17. The van der Waals surface area contributed by atoms with Gasteiger partial charge >= 0.3 is 0 Å². The quantitative estimate of drug-likeness (QED) is 0.830. The van der Waals surface area contributed by atoms with Gasteiger partial charge in [0.05, 0.1) is 6.04 Å². The van der Waals surface area contributed by atoms with Crippen LogP contribution in [-0.2, 0) is 0 Å². The zero-order chi connectivity index (χ0) is 11.5. The molecule has 1 heterocycles. The normalized spacial score (nSPS) is 12.7. The monoisotopic (exact) mass is 219 g/mol. The summed E-state index contributed by atoms with van der Waals surface area (Å²) in [6.07, 6.45) is 3.48. The fraction of sp³-hybridized carbons (Fsp3) is 0.250. The molecule has 0 spiro atoms. The molecule has 2 rings (SSSR count). The van der Waals surface area contributed by atoms with Gasteiger partial charge in [0, 0.05) is 12.4 Å². The average Bonchev–Trinajstić information content (AvgIpc) is 2.75. The molecule has 4 heteroatoms. The number of hydrogen-bond donors (Lipinski definition) is 2. The first-order valence-corrected chi connectivity index (χ1v) is 5.15. The van der Waals surface area contributed by atoms with Crippen LogP contribution in [0.15, 0.2) is 30.6 Å². The van der Waals surface area contributed by atoms with Crippen LogP contribution in [0.3, 0.4) is 0 Å². The minimum absolute atomic E-state index is 0.0319. The van der Waals surface area contributed by atoms with Gasteiger partial charge in [-0.1, -0.05) is 6.07 Å². The van der Waals surface area contributed by atoms with Gasteiger partial charge in [-0.15, -0.1) is 0 Å². The molecule has 0 aliphatic carbocycles. The van der Waals surface area contributed by atoms with Gasteiger partial charge in [-0.2, -0.15) is 0 Å². The van der Waals surface area contributed by atoms with E-state index in [0.29, 0.717) is 0 Å². The number of hydrogen-bond acceptors (Lipinski definition) is 2. The Balaban J connectivity index is 2.41. The van der Waals surface area contributed by atoms with Crippen molar-refractivity contribution in [2.24, 2.45) is 0 Å². The number of aromatic nitrogens is 2. The number of aryl methyl sites for hydroxylation is 1. The Hall–Kier alpha value is -1.68. The third kappa shape index (κ3) is 1.97. The van der Waals surface area contributed by atoms with Crippen LogP contribution in [0.25, 0.3) is 0 Å². The highest BCUT2D eigenvalue weighted by atomic mass is 19.1. The molecule has 2 aromatic rings. The van der Waals surface area contributed by atoms with E-state index in [1.807, 2.05) is 14.0 Å². The van der Waals surface area contributed by atoms with Crippen molar-refractivity contribution >= 4 is 0 Å². The second kappa shape index (κ2) is 4.45. The maximum absolute atomic E-state index is 13.0. The maximum atomic E-state index is 13.0. The largest absolute Gasteiger partial charge is 0.347 e. The summed E-state index contributed by atoms with van der Waals surface area (Å²) < 4.78 is 13.0. The summed E-state index contributed by atoms with van der Waals surface area (Å²) in [6.45, 7) is 1.89. The summed E-state index contributed by atoms with van der Waals surface area (Å²) in [4.78, 5) is 7.28. The van der Waals surface area contributed by atoms with Crippen LogP contribution in [0.5, 0.6) is 0 Å². The molecule has 0 fully saturated rings. The van der Waals surface area contributed by atoms with E-state index in [-0.39, 0.29) is 11.9 Å². The van der Waals surface area contributed by atoms with E-state index >= 15 is 0 Å². The first-order chi connectivity index (χ1) is 7.72. The topological polar surface area (TPSA) is 40.7 Å². The zero-order valence-electron chi connectivity index (χ0n) is 9.29. The number of nitrogens with one attached hydrogen (secondary N) is 2. The van der Waals surface area contributed by atoms with Crippen molar-refractivity contribution in [2.75, 3.05) is 7.05 Å². The van der Waals surface area contributed by atoms with Gasteiger partial charge in [0.25, 0.3) is 0 Å². The molecular weight excluding hydrogens is 205 g/mol. The van der Waals surface area contributed by atoms with Crippen LogP contribution >= 0.6 is 0 Å². The molecule has 2 N–H and O–H groups in total. The average molecular weight is 219 g/mol. The molecule has 1 unspecified atom stereocenters. The Morgan fingerprint density at radius 1 is 1.44 bits per heavy atom. The molecule has 1 aromatic carbocycles. The molecule has 1 aromatic heterocycles. The molecule has 0 aliphatic heterocycles. The molecule has 0 bridgehead atoms. The number of aromatic amines is 1. The van der Waals surface area contributed by atoms with Gasteiger partial charge in [0.2, 0.25) is 0 Å². The van der Waals surface area contributed by atoms with Crippen molar-refractivity contribution < 1.29 is 4.39 Å². The lowest BCUT2D eigenvalue weighted by Crippen LogP contribution is -2.20. The smallest absolute Gasteiger partial charge is 0.127 e.